The van der Waals surface area contributed by atoms with Crippen molar-refractivity contribution >= 4 is 22.8 Å². The topological polar surface area (TPSA) is 79.4 Å². The van der Waals surface area contributed by atoms with E-state index in [1.807, 2.05) is 21.0 Å². The summed E-state index contributed by atoms with van der Waals surface area (Å²) in [7, 11) is 4.02. The smallest absolute Gasteiger partial charge is 0.230 e. The second kappa shape index (κ2) is 7.13. The van der Waals surface area contributed by atoms with Gasteiger partial charge < -0.3 is 10.6 Å². The van der Waals surface area contributed by atoms with Gasteiger partial charge in [-0.25, -0.2) is 14.4 Å². The number of nitrogens with one attached hydrogen (secondary N) is 1. The van der Waals surface area contributed by atoms with Crippen LogP contribution in [-0.4, -0.2) is 48.0 Å². The van der Waals surface area contributed by atoms with Gasteiger partial charge in [-0.15, -0.1) is 0 Å². The zero-order valence-electron chi connectivity index (χ0n) is 13.1. The van der Waals surface area contributed by atoms with Crippen LogP contribution in [0.15, 0.2) is 23.2 Å². The van der Waals surface area contributed by atoms with E-state index in [4.69, 9.17) is 5.73 Å². The highest BCUT2D eigenvalue weighted by Gasteiger charge is 2.06. The van der Waals surface area contributed by atoms with Crippen LogP contribution in [0.5, 0.6) is 0 Å². The third kappa shape index (κ3) is 4.36. The average Bonchev–Trinajstić information content (AvgIpc) is 2.43. The number of fused-ring (bicyclic) bond motifs is 1. The van der Waals surface area contributed by atoms with E-state index in [9.17, 15) is 4.39 Å². The Balaban J connectivity index is 2.09. The van der Waals surface area contributed by atoms with Gasteiger partial charge in [-0.05, 0) is 46.1 Å². The SMILES string of the molecule is Cc1nc(NC(N)=NCCCN(C)C)nc2cc(F)ccc12. The Hall–Kier alpha value is -2.28. The second-order valence-electron chi connectivity index (χ2n) is 5.34. The van der Waals surface area contributed by atoms with Crippen LogP contribution in [0.3, 0.4) is 0 Å². The van der Waals surface area contributed by atoms with Crippen molar-refractivity contribution in [1.29, 1.82) is 0 Å². The lowest BCUT2D eigenvalue weighted by Crippen LogP contribution is -2.25. The van der Waals surface area contributed by atoms with Crippen molar-refractivity contribution in [1.82, 2.24) is 14.9 Å². The number of anilines is 1. The molecule has 22 heavy (non-hydrogen) atoms. The number of halogens is 1. The zero-order valence-corrected chi connectivity index (χ0v) is 13.1. The molecule has 0 bridgehead atoms. The molecule has 7 heteroatoms. The summed E-state index contributed by atoms with van der Waals surface area (Å²) >= 11 is 0. The van der Waals surface area contributed by atoms with E-state index < -0.39 is 0 Å². The van der Waals surface area contributed by atoms with Crippen LogP contribution in [-0.2, 0) is 0 Å². The van der Waals surface area contributed by atoms with E-state index in [2.05, 4.69) is 25.2 Å². The highest BCUT2D eigenvalue weighted by Crippen LogP contribution is 2.18. The molecule has 2 aromatic rings. The van der Waals surface area contributed by atoms with E-state index in [0.717, 1.165) is 24.0 Å². The number of guanidine groups is 1. The maximum absolute atomic E-state index is 13.3. The summed E-state index contributed by atoms with van der Waals surface area (Å²) in [5.41, 5.74) is 7.11. The molecule has 0 saturated carbocycles. The molecule has 118 valence electrons. The Labute approximate surface area is 129 Å². The number of hydrogen-bond donors (Lipinski definition) is 2. The van der Waals surface area contributed by atoms with Gasteiger partial charge in [0.05, 0.1) is 11.2 Å². The normalized spacial score (nSPS) is 12.1. The lowest BCUT2D eigenvalue weighted by molar-refractivity contribution is 0.403. The number of aliphatic imine (C=N–C) groups is 1. The molecule has 1 aromatic carbocycles. The van der Waals surface area contributed by atoms with Gasteiger partial charge in [-0.2, -0.15) is 0 Å². The fraction of sp³-hybridized carbons (Fsp3) is 0.400. The summed E-state index contributed by atoms with van der Waals surface area (Å²) in [5.74, 6) is 0.250. The van der Waals surface area contributed by atoms with Crippen molar-refractivity contribution in [3.63, 3.8) is 0 Å². The first-order valence-electron chi connectivity index (χ1n) is 7.11. The monoisotopic (exact) mass is 304 g/mol. The number of nitrogens with two attached hydrogens (primary N) is 1. The molecule has 0 unspecified atom stereocenters. The first-order chi connectivity index (χ1) is 10.5. The predicted molar refractivity (Wildman–Crippen MR) is 87.5 cm³/mol. The van der Waals surface area contributed by atoms with Crippen LogP contribution >= 0.6 is 0 Å². The Morgan fingerprint density at radius 3 is 2.86 bits per heavy atom. The van der Waals surface area contributed by atoms with E-state index in [-0.39, 0.29) is 11.8 Å². The van der Waals surface area contributed by atoms with Crippen LogP contribution in [0.1, 0.15) is 12.1 Å². The van der Waals surface area contributed by atoms with Crippen molar-refractivity contribution < 1.29 is 4.39 Å². The maximum Gasteiger partial charge on any atom is 0.230 e. The minimum atomic E-state index is -0.332. The standard InChI is InChI=1S/C15H21FN6/c1-10-12-6-5-11(16)9-13(12)20-15(19-10)21-14(17)18-7-4-8-22(2)3/h5-6,9H,4,7-8H2,1-3H3,(H3,17,18,19,20,21). The van der Waals surface area contributed by atoms with Gasteiger partial charge in [0, 0.05) is 18.0 Å². The molecule has 1 aromatic heterocycles. The third-order valence-electron chi connectivity index (χ3n) is 3.13. The van der Waals surface area contributed by atoms with Crippen LogP contribution < -0.4 is 11.1 Å². The Morgan fingerprint density at radius 1 is 1.36 bits per heavy atom. The molecule has 2 rings (SSSR count). The number of benzene rings is 1. The van der Waals surface area contributed by atoms with Gasteiger partial charge in [0.1, 0.15) is 5.82 Å². The molecule has 6 nitrogen and oxygen atoms in total. The predicted octanol–water partition coefficient (Wildman–Crippen LogP) is 1.76. The summed E-state index contributed by atoms with van der Waals surface area (Å²) in [4.78, 5) is 14.9. The Morgan fingerprint density at radius 2 is 2.14 bits per heavy atom. The molecular weight excluding hydrogens is 283 g/mol. The van der Waals surface area contributed by atoms with E-state index >= 15 is 0 Å². The molecular formula is C15H21FN6. The second-order valence-corrected chi connectivity index (χ2v) is 5.34. The first-order valence-corrected chi connectivity index (χ1v) is 7.11. The largest absolute Gasteiger partial charge is 0.370 e. The number of nitrogens with zero attached hydrogens (tertiary/aromatic N) is 4. The van der Waals surface area contributed by atoms with E-state index in [0.29, 0.717) is 18.0 Å². The molecule has 3 N–H and O–H groups in total. The quantitative estimate of drug-likeness (QED) is 0.500. The van der Waals surface area contributed by atoms with Crippen LogP contribution in [0, 0.1) is 12.7 Å². The van der Waals surface area contributed by atoms with E-state index in [1.54, 1.807) is 6.07 Å². The van der Waals surface area contributed by atoms with Gasteiger partial charge in [-0.1, -0.05) is 0 Å². The van der Waals surface area contributed by atoms with Crippen molar-refractivity contribution in [2.45, 2.75) is 13.3 Å². The molecule has 0 aliphatic carbocycles. The van der Waals surface area contributed by atoms with E-state index in [1.165, 1.54) is 12.1 Å². The van der Waals surface area contributed by atoms with Crippen molar-refractivity contribution in [2.75, 3.05) is 32.5 Å². The minimum absolute atomic E-state index is 0.258. The average molecular weight is 304 g/mol. The number of rotatable bonds is 5. The van der Waals surface area contributed by atoms with Gasteiger partial charge in [0.25, 0.3) is 0 Å². The van der Waals surface area contributed by atoms with Gasteiger partial charge in [-0.3, -0.25) is 10.3 Å². The minimum Gasteiger partial charge on any atom is -0.370 e. The zero-order chi connectivity index (χ0) is 16.1. The lowest BCUT2D eigenvalue weighted by Gasteiger charge is -2.09. The molecule has 0 saturated heterocycles. The lowest BCUT2D eigenvalue weighted by atomic mass is 10.2. The van der Waals surface area contributed by atoms with Crippen LogP contribution in [0.25, 0.3) is 10.9 Å². The summed E-state index contributed by atoms with van der Waals surface area (Å²) < 4.78 is 13.3. The third-order valence-corrected chi connectivity index (χ3v) is 3.13. The van der Waals surface area contributed by atoms with Crippen molar-refractivity contribution in [3.05, 3.63) is 29.7 Å². The molecule has 0 amide bonds. The Kier molecular flexibility index (Phi) is 5.21. The first kappa shape index (κ1) is 16.1. The molecule has 0 fully saturated rings. The molecule has 0 aliphatic heterocycles. The molecule has 0 aliphatic rings. The number of hydrogen-bond acceptors (Lipinski definition) is 4. The van der Waals surface area contributed by atoms with Crippen molar-refractivity contribution in [2.24, 2.45) is 10.7 Å². The van der Waals surface area contributed by atoms with Crippen LogP contribution in [0.4, 0.5) is 10.3 Å². The highest BCUT2D eigenvalue weighted by molar-refractivity contribution is 5.92. The molecule has 1 heterocycles. The molecule has 0 radical (unpaired) electrons. The summed E-state index contributed by atoms with van der Waals surface area (Å²) in [5, 5.41) is 3.67. The molecule has 0 spiro atoms. The summed E-state index contributed by atoms with van der Waals surface area (Å²) in [6.45, 7) is 3.41. The van der Waals surface area contributed by atoms with Gasteiger partial charge in [0.15, 0.2) is 5.96 Å². The fourth-order valence-electron chi connectivity index (χ4n) is 2.06. The van der Waals surface area contributed by atoms with Crippen LogP contribution in [0.2, 0.25) is 0 Å². The molecule has 0 atom stereocenters. The van der Waals surface area contributed by atoms with Crippen molar-refractivity contribution in [3.8, 4) is 0 Å². The highest BCUT2D eigenvalue weighted by atomic mass is 19.1. The number of aryl methyl sites for hydroxylation is 1. The summed E-state index contributed by atoms with van der Waals surface area (Å²) in [6.07, 6.45) is 0.915. The maximum atomic E-state index is 13.3. The number of aromatic nitrogens is 2. The van der Waals surface area contributed by atoms with Gasteiger partial charge >= 0.3 is 0 Å². The Bertz CT molecular complexity index is 683. The fourth-order valence-corrected chi connectivity index (χ4v) is 2.06. The van der Waals surface area contributed by atoms with Gasteiger partial charge in [0.2, 0.25) is 5.95 Å². The summed E-state index contributed by atoms with van der Waals surface area (Å²) in [6, 6.07) is 4.44.